The number of carbonyl (C=O) groups excluding carboxylic acids is 3. The van der Waals surface area contributed by atoms with Crippen molar-refractivity contribution in [3.8, 4) is 5.75 Å². The van der Waals surface area contributed by atoms with Crippen LogP contribution in [-0.2, 0) is 9.59 Å². The molecule has 3 aliphatic rings. The first-order valence-electron chi connectivity index (χ1n) is 14.7. The lowest BCUT2D eigenvalue weighted by Crippen LogP contribution is -2.47. The van der Waals surface area contributed by atoms with Crippen LogP contribution in [0, 0.1) is 11.7 Å². The SMILES string of the molecule is COc1cccc(C(=O)NC2CCN(CCC3CCN(c4ccc(NC5CCC(=O)NC5=O)cc4F)CC3)CC2)c1. The van der Waals surface area contributed by atoms with E-state index < -0.39 is 6.04 Å². The molecule has 3 N–H and O–H groups in total. The molecule has 3 amide bonds. The zero-order valence-corrected chi connectivity index (χ0v) is 23.7. The van der Waals surface area contributed by atoms with Crippen LogP contribution in [0.4, 0.5) is 15.8 Å². The van der Waals surface area contributed by atoms with Crippen LogP contribution in [0.2, 0.25) is 0 Å². The second-order valence-electron chi connectivity index (χ2n) is 11.4. The summed E-state index contributed by atoms with van der Waals surface area (Å²) in [5.41, 5.74) is 1.76. The molecule has 2 aromatic rings. The summed E-state index contributed by atoms with van der Waals surface area (Å²) in [6.45, 7) is 4.65. The molecule has 1 unspecified atom stereocenters. The number of ether oxygens (including phenoxy) is 1. The van der Waals surface area contributed by atoms with Crippen LogP contribution in [0.15, 0.2) is 42.5 Å². The van der Waals surface area contributed by atoms with Gasteiger partial charge in [0.2, 0.25) is 11.8 Å². The molecule has 5 rings (SSSR count). The molecule has 3 aliphatic heterocycles. The number of halogens is 1. The van der Waals surface area contributed by atoms with Gasteiger partial charge in [-0.3, -0.25) is 19.7 Å². The number of rotatable bonds is 9. The third-order valence-corrected chi connectivity index (χ3v) is 8.59. The van der Waals surface area contributed by atoms with E-state index in [1.165, 1.54) is 6.07 Å². The summed E-state index contributed by atoms with van der Waals surface area (Å²) in [5.74, 6) is 0.309. The van der Waals surface area contributed by atoms with E-state index in [1.54, 1.807) is 25.3 Å². The van der Waals surface area contributed by atoms with Crippen LogP contribution in [0.25, 0.3) is 0 Å². The van der Waals surface area contributed by atoms with Gasteiger partial charge in [-0.05, 0) is 87.4 Å². The van der Waals surface area contributed by atoms with Gasteiger partial charge < -0.3 is 25.2 Å². The van der Waals surface area contributed by atoms with E-state index >= 15 is 4.39 Å². The molecule has 0 radical (unpaired) electrons. The van der Waals surface area contributed by atoms with Gasteiger partial charge in [-0.1, -0.05) is 6.07 Å². The standard InChI is InChI=1S/C31H40FN5O4/c1-41-25-4-2-3-22(19-25)30(39)34-23-12-15-36(16-13-23)14-9-21-10-17-37(18-11-21)28-7-5-24(20-26(28)32)33-27-6-8-29(38)35-31(27)40/h2-5,7,19-21,23,27,33H,6,8-18H2,1H3,(H,34,39)(H,35,38,40). The maximum atomic E-state index is 15.0. The number of hydrogen-bond donors (Lipinski definition) is 3. The topological polar surface area (TPSA) is 103 Å². The third kappa shape index (κ3) is 7.55. The molecule has 0 aromatic heterocycles. The molecule has 41 heavy (non-hydrogen) atoms. The molecule has 3 saturated heterocycles. The Bertz CT molecular complexity index is 1240. The van der Waals surface area contributed by atoms with E-state index in [1.807, 2.05) is 18.2 Å². The number of hydrogen-bond acceptors (Lipinski definition) is 7. The molecule has 220 valence electrons. The Balaban J connectivity index is 1.01. The summed E-state index contributed by atoms with van der Waals surface area (Å²) in [4.78, 5) is 40.6. The zero-order chi connectivity index (χ0) is 28.8. The average molecular weight is 566 g/mol. The van der Waals surface area contributed by atoms with Crippen molar-refractivity contribution in [2.75, 3.05) is 50.1 Å². The fourth-order valence-corrected chi connectivity index (χ4v) is 6.05. The number of benzene rings is 2. The monoisotopic (exact) mass is 565 g/mol. The second-order valence-corrected chi connectivity index (χ2v) is 11.4. The van der Waals surface area contributed by atoms with Crippen LogP contribution in [0.1, 0.15) is 55.3 Å². The van der Waals surface area contributed by atoms with Crippen molar-refractivity contribution in [2.24, 2.45) is 5.92 Å². The lowest BCUT2D eigenvalue weighted by Gasteiger charge is -2.36. The van der Waals surface area contributed by atoms with Crippen molar-refractivity contribution < 1.29 is 23.5 Å². The quantitative estimate of drug-likeness (QED) is 0.400. The maximum absolute atomic E-state index is 15.0. The predicted molar refractivity (Wildman–Crippen MR) is 156 cm³/mol. The third-order valence-electron chi connectivity index (χ3n) is 8.59. The van der Waals surface area contributed by atoms with Gasteiger partial charge in [-0.15, -0.1) is 0 Å². The van der Waals surface area contributed by atoms with Gasteiger partial charge in [0.05, 0.1) is 12.8 Å². The molecule has 2 aromatic carbocycles. The lowest BCUT2D eigenvalue weighted by atomic mass is 9.92. The molecule has 9 nitrogen and oxygen atoms in total. The number of nitrogens with one attached hydrogen (secondary N) is 3. The number of methoxy groups -OCH3 is 1. The summed E-state index contributed by atoms with van der Waals surface area (Å²) in [6.07, 6.45) is 5.77. The van der Waals surface area contributed by atoms with Gasteiger partial charge in [0, 0.05) is 49.9 Å². The largest absolute Gasteiger partial charge is 0.497 e. The van der Waals surface area contributed by atoms with E-state index in [0.717, 1.165) is 64.8 Å². The highest BCUT2D eigenvalue weighted by Crippen LogP contribution is 2.29. The molecular weight excluding hydrogens is 525 g/mol. The first kappa shape index (κ1) is 28.9. The summed E-state index contributed by atoms with van der Waals surface area (Å²) in [7, 11) is 1.60. The Labute approximate surface area is 240 Å². The molecule has 0 spiro atoms. The highest BCUT2D eigenvalue weighted by molar-refractivity contribution is 6.01. The van der Waals surface area contributed by atoms with Crippen molar-refractivity contribution in [3.63, 3.8) is 0 Å². The smallest absolute Gasteiger partial charge is 0.251 e. The lowest BCUT2D eigenvalue weighted by molar-refractivity contribution is -0.133. The van der Waals surface area contributed by atoms with Crippen molar-refractivity contribution >= 4 is 29.1 Å². The predicted octanol–water partition coefficient (Wildman–Crippen LogP) is 3.55. The minimum absolute atomic E-state index is 0.0502. The Kier molecular flexibility index (Phi) is 9.38. The van der Waals surface area contributed by atoms with Gasteiger partial charge >= 0.3 is 0 Å². The van der Waals surface area contributed by atoms with Crippen LogP contribution in [0.5, 0.6) is 5.75 Å². The minimum atomic E-state index is -0.530. The maximum Gasteiger partial charge on any atom is 0.251 e. The molecule has 0 aliphatic carbocycles. The van der Waals surface area contributed by atoms with E-state index in [0.29, 0.717) is 35.0 Å². The molecule has 1 atom stereocenters. The molecular formula is C31H40FN5O4. The summed E-state index contributed by atoms with van der Waals surface area (Å²) < 4.78 is 20.2. The minimum Gasteiger partial charge on any atom is -0.497 e. The summed E-state index contributed by atoms with van der Waals surface area (Å²) in [6, 6.07) is 11.9. The first-order valence-corrected chi connectivity index (χ1v) is 14.7. The van der Waals surface area contributed by atoms with Crippen molar-refractivity contribution in [3.05, 3.63) is 53.8 Å². The number of imide groups is 1. The molecule has 0 bridgehead atoms. The van der Waals surface area contributed by atoms with E-state index in [2.05, 4.69) is 25.8 Å². The summed E-state index contributed by atoms with van der Waals surface area (Å²) >= 11 is 0. The van der Waals surface area contributed by atoms with Gasteiger partial charge in [-0.25, -0.2) is 4.39 Å². The molecule has 0 saturated carbocycles. The number of nitrogens with zero attached hydrogens (tertiary/aromatic N) is 2. The number of carbonyl (C=O) groups is 3. The Hall–Kier alpha value is -3.66. The Morgan fingerprint density at radius 3 is 2.51 bits per heavy atom. The number of anilines is 2. The van der Waals surface area contributed by atoms with Crippen LogP contribution in [0.3, 0.4) is 0 Å². The fraction of sp³-hybridized carbons (Fsp3) is 0.516. The highest BCUT2D eigenvalue weighted by atomic mass is 19.1. The van der Waals surface area contributed by atoms with Gasteiger partial charge in [0.15, 0.2) is 0 Å². The van der Waals surface area contributed by atoms with Crippen LogP contribution >= 0.6 is 0 Å². The molecule has 3 fully saturated rings. The zero-order valence-electron chi connectivity index (χ0n) is 23.7. The van der Waals surface area contributed by atoms with Gasteiger partial charge in [-0.2, -0.15) is 0 Å². The average Bonchev–Trinajstić information content (AvgIpc) is 2.99. The van der Waals surface area contributed by atoms with E-state index in [4.69, 9.17) is 4.74 Å². The van der Waals surface area contributed by atoms with Gasteiger partial charge in [0.1, 0.15) is 17.6 Å². The fourth-order valence-electron chi connectivity index (χ4n) is 6.05. The normalized spacial score (nSPS) is 20.9. The van der Waals surface area contributed by atoms with Crippen molar-refractivity contribution in [1.29, 1.82) is 0 Å². The van der Waals surface area contributed by atoms with Crippen LogP contribution in [-0.4, -0.2) is 74.5 Å². The van der Waals surface area contributed by atoms with E-state index in [9.17, 15) is 14.4 Å². The Morgan fingerprint density at radius 1 is 1.02 bits per heavy atom. The number of likely N-dealkylation sites (tertiary alicyclic amines) is 1. The molecule has 3 heterocycles. The van der Waals surface area contributed by atoms with Gasteiger partial charge in [0.25, 0.3) is 5.91 Å². The Morgan fingerprint density at radius 2 is 1.80 bits per heavy atom. The van der Waals surface area contributed by atoms with Crippen molar-refractivity contribution in [1.82, 2.24) is 15.5 Å². The van der Waals surface area contributed by atoms with Crippen molar-refractivity contribution in [2.45, 2.75) is 57.0 Å². The number of amides is 3. The van der Waals surface area contributed by atoms with E-state index in [-0.39, 0.29) is 36.0 Å². The first-order chi connectivity index (χ1) is 19.9. The second kappa shape index (κ2) is 13.3. The molecule has 10 heteroatoms. The van der Waals surface area contributed by atoms with Crippen LogP contribution < -0.4 is 25.6 Å². The number of piperidine rings is 3. The summed E-state index contributed by atoms with van der Waals surface area (Å²) in [5, 5.41) is 8.54. The highest BCUT2D eigenvalue weighted by Gasteiger charge is 2.28.